The highest BCUT2D eigenvalue weighted by atomic mass is 32.2. The summed E-state index contributed by atoms with van der Waals surface area (Å²) in [6, 6.07) is 13.1. The normalized spacial score (nSPS) is 15.2. The Labute approximate surface area is 172 Å². The van der Waals surface area contributed by atoms with Gasteiger partial charge in [-0.15, -0.1) is 0 Å². The molecular formula is C20H18N2O4S2. The molecule has 3 rings (SSSR count). The Bertz CT molecular complexity index is 941. The maximum atomic E-state index is 12.7. The highest BCUT2D eigenvalue weighted by molar-refractivity contribution is 8.26. The first-order valence-corrected chi connectivity index (χ1v) is 9.82. The standard InChI is InChI=1S/C20H18N2O4S2/c1-2-11-26-16-6-4-3-5-14(16)12-17-19(25)22(20(27)28-17)21-18(24)13-7-9-15(23)10-8-13/h3-10,12,23H,2,11H2,1H3,(H,21,24)/b17-12-. The highest BCUT2D eigenvalue weighted by Gasteiger charge is 2.34. The molecule has 8 heteroatoms. The second-order valence-corrected chi connectivity index (χ2v) is 7.57. The van der Waals surface area contributed by atoms with Crippen molar-refractivity contribution < 1.29 is 19.4 Å². The Balaban J connectivity index is 1.77. The van der Waals surface area contributed by atoms with Crippen molar-refractivity contribution in [3.63, 3.8) is 0 Å². The molecule has 2 N–H and O–H groups in total. The number of hydrazine groups is 1. The van der Waals surface area contributed by atoms with E-state index in [9.17, 15) is 14.7 Å². The Hall–Kier alpha value is -2.84. The molecule has 2 aromatic carbocycles. The number of para-hydroxylation sites is 1. The molecule has 0 unspecified atom stereocenters. The molecule has 1 heterocycles. The van der Waals surface area contributed by atoms with Gasteiger partial charge in [0.05, 0.1) is 11.5 Å². The topological polar surface area (TPSA) is 78.9 Å². The number of thioether (sulfide) groups is 1. The van der Waals surface area contributed by atoms with Crippen molar-refractivity contribution in [1.29, 1.82) is 0 Å². The summed E-state index contributed by atoms with van der Waals surface area (Å²) in [5, 5.41) is 10.4. The molecule has 1 saturated heterocycles. The number of hydrogen-bond acceptors (Lipinski definition) is 6. The van der Waals surface area contributed by atoms with Crippen molar-refractivity contribution in [1.82, 2.24) is 10.4 Å². The molecule has 6 nitrogen and oxygen atoms in total. The van der Waals surface area contributed by atoms with E-state index in [0.717, 1.165) is 28.8 Å². The average molecular weight is 415 g/mol. The van der Waals surface area contributed by atoms with Crippen LogP contribution in [0.15, 0.2) is 53.4 Å². The fourth-order valence-electron chi connectivity index (χ4n) is 2.43. The van der Waals surface area contributed by atoms with E-state index in [0.29, 0.717) is 22.8 Å². The van der Waals surface area contributed by atoms with E-state index in [1.807, 2.05) is 31.2 Å². The molecule has 0 saturated carbocycles. The number of benzene rings is 2. The number of nitrogens with zero attached hydrogens (tertiary/aromatic N) is 1. The van der Waals surface area contributed by atoms with Crippen LogP contribution in [0.1, 0.15) is 29.3 Å². The lowest BCUT2D eigenvalue weighted by atomic mass is 10.2. The molecule has 1 fully saturated rings. The smallest absolute Gasteiger partial charge is 0.285 e. The van der Waals surface area contributed by atoms with Crippen LogP contribution in [0.3, 0.4) is 0 Å². The summed E-state index contributed by atoms with van der Waals surface area (Å²) in [5.74, 6) is -0.173. The van der Waals surface area contributed by atoms with Gasteiger partial charge in [0.25, 0.3) is 11.8 Å². The average Bonchev–Trinajstić information content (AvgIpc) is 2.95. The van der Waals surface area contributed by atoms with Crippen LogP contribution in [-0.2, 0) is 4.79 Å². The molecule has 0 radical (unpaired) electrons. The summed E-state index contributed by atoms with van der Waals surface area (Å²) in [4.78, 5) is 25.5. The molecule has 0 aromatic heterocycles. The maximum absolute atomic E-state index is 12.7. The van der Waals surface area contributed by atoms with Crippen molar-refractivity contribution in [3.8, 4) is 11.5 Å². The van der Waals surface area contributed by atoms with Crippen LogP contribution >= 0.6 is 24.0 Å². The Morgan fingerprint density at radius 2 is 1.96 bits per heavy atom. The number of nitrogens with one attached hydrogen (secondary N) is 1. The summed E-state index contributed by atoms with van der Waals surface area (Å²) in [5.41, 5.74) is 3.57. The third-order valence-electron chi connectivity index (χ3n) is 3.80. The van der Waals surface area contributed by atoms with E-state index in [2.05, 4.69) is 5.43 Å². The molecular weight excluding hydrogens is 396 g/mol. The molecule has 2 aromatic rings. The first-order chi connectivity index (χ1) is 13.5. The van der Waals surface area contributed by atoms with Gasteiger partial charge in [-0.2, -0.15) is 5.01 Å². The summed E-state index contributed by atoms with van der Waals surface area (Å²) in [7, 11) is 0. The Kier molecular flexibility index (Phi) is 6.33. The number of phenolic OH excluding ortho intramolecular Hbond substituents is 1. The quantitative estimate of drug-likeness (QED) is 0.554. The summed E-state index contributed by atoms with van der Waals surface area (Å²) in [6.45, 7) is 2.60. The van der Waals surface area contributed by atoms with Crippen molar-refractivity contribution in [2.45, 2.75) is 13.3 Å². The van der Waals surface area contributed by atoms with Crippen molar-refractivity contribution in [2.75, 3.05) is 6.61 Å². The molecule has 1 aliphatic heterocycles. The van der Waals surface area contributed by atoms with E-state index in [1.165, 1.54) is 24.3 Å². The predicted octanol–water partition coefficient (Wildman–Crippen LogP) is 3.73. The van der Waals surface area contributed by atoms with Gasteiger partial charge in [-0.25, -0.2) is 0 Å². The van der Waals surface area contributed by atoms with E-state index < -0.39 is 11.8 Å². The molecule has 1 aliphatic rings. The number of aromatic hydroxyl groups is 1. The Morgan fingerprint density at radius 1 is 1.25 bits per heavy atom. The van der Waals surface area contributed by atoms with Gasteiger partial charge in [0.15, 0.2) is 4.32 Å². The molecule has 144 valence electrons. The van der Waals surface area contributed by atoms with Gasteiger partial charge in [0, 0.05) is 11.1 Å². The van der Waals surface area contributed by atoms with Gasteiger partial charge in [0.2, 0.25) is 0 Å². The number of ether oxygens (including phenoxy) is 1. The summed E-state index contributed by atoms with van der Waals surface area (Å²) >= 11 is 6.35. The van der Waals surface area contributed by atoms with Gasteiger partial charge in [-0.3, -0.25) is 15.0 Å². The van der Waals surface area contributed by atoms with Crippen molar-refractivity contribution in [2.24, 2.45) is 0 Å². The van der Waals surface area contributed by atoms with Gasteiger partial charge >= 0.3 is 0 Å². The summed E-state index contributed by atoms with van der Waals surface area (Å²) in [6.07, 6.45) is 2.58. The molecule has 2 amide bonds. The lowest BCUT2D eigenvalue weighted by molar-refractivity contribution is -0.123. The van der Waals surface area contributed by atoms with Gasteiger partial charge < -0.3 is 9.84 Å². The first kappa shape index (κ1) is 19.9. The van der Waals surface area contributed by atoms with Crippen LogP contribution in [0.4, 0.5) is 0 Å². The SMILES string of the molecule is CCCOc1ccccc1/C=C1\SC(=S)N(NC(=O)c2ccc(O)cc2)C1=O. The zero-order valence-corrected chi connectivity index (χ0v) is 16.7. The molecule has 0 bridgehead atoms. The first-order valence-electron chi connectivity index (χ1n) is 8.59. The maximum Gasteiger partial charge on any atom is 0.285 e. The van der Waals surface area contributed by atoms with Crippen LogP contribution in [-0.4, -0.2) is 32.9 Å². The molecule has 0 atom stereocenters. The Morgan fingerprint density at radius 3 is 2.68 bits per heavy atom. The molecule has 28 heavy (non-hydrogen) atoms. The lowest BCUT2D eigenvalue weighted by Crippen LogP contribution is -2.44. The monoisotopic (exact) mass is 414 g/mol. The fourth-order valence-corrected chi connectivity index (χ4v) is 3.60. The minimum Gasteiger partial charge on any atom is -0.508 e. The largest absolute Gasteiger partial charge is 0.508 e. The molecule has 0 aliphatic carbocycles. The summed E-state index contributed by atoms with van der Waals surface area (Å²) < 4.78 is 5.95. The van der Waals surface area contributed by atoms with Crippen molar-refractivity contribution in [3.05, 3.63) is 64.6 Å². The number of thiocarbonyl (C=S) groups is 1. The van der Waals surface area contributed by atoms with Gasteiger partial charge in [0.1, 0.15) is 11.5 Å². The van der Waals surface area contributed by atoms with E-state index in [1.54, 1.807) is 6.08 Å². The minimum absolute atomic E-state index is 0.0500. The van der Waals surface area contributed by atoms with Gasteiger partial charge in [-0.1, -0.05) is 36.9 Å². The predicted molar refractivity (Wildman–Crippen MR) is 113 cm³/mol. The van der Waals surface area contributed by atoms with Crippen LogP contribution in [0.5, 0.6) is 11.5 Å². The second-order valence-electron chi connectivity index (χ2n) is 5.89. The third-order valence-corrected chi connectivity index (χ3v) is 5.11. The lowest BCUT2D eigenvalue weighted by Gasteiger charge is -2.15. The number of carbonyl (C=O) groups excluding carboxylic acids is 2. The second kappa shape index (κ2) is 8.90. The number of rotatable bonds is 6. The van der Waals surface area contributed by atoms with E-state index in [4.69, 9.17) is 17.0 Å². The number of carbonyl (C=O) groups is 2. The van der Waals surface area contributed by atoms with Crippen LogP contribution in [0, 0.1) is 0 Å². The van der Waals surface area contributed by atoms with E-state index in [-0.39, 0.29) is 10.1 Å². The molecule has 0 spiro atoms. The number of phenols is 1. The minimum atomic E-state index is -0.496. The van der Waals surface area contributed by atoms with Crippen LogP contribution in [0.25, 0.3) is 6.08 Å². The van der Waals surface area contributed by atoms with Crippen LogP contribution < -0.4 is 10.2 Å². The zero-order chi connectivity index (χ0) is 20.1. The zero-order valence-electron chi connectivity index (χ0n) is 15.0. The van der Waals surface area contributed by atoms with Crippen LogP contribution in [0.2, 0.25) is 0 Å². The number of hydrogen-bond donors (Lipinski definition) is 2. The van der Waals surface area contributed by atoms with E-state index >= 15 is 0 Å². The van der Waals surface area contributed by atoms with Crippen molar-refractivity contribution >= 4 is 46.2 Å². The highest BCUT2D eigenvalue weighted by Crippen LogP contribution is 2.33. The fraction of sp³-hybridized carbons (Fsp3) is 0.150. The third kappa shape index (κ3) is 4.52. The number of amides is 2. The van der Waals surface area contributed by atoms with Gasteiger partial charge in [-0.05, 0) is 55.0 Å².